The molecule has 5 nitrogen and oxygen atoms in total. The highest BCUT2D eigenvalue weighted by Gasteiger charge is 2.18. The Labute approximate surface area is 75.4 Å². The molecule has 0 unspecified atom stereocenters. The first-order chi connectivity index (χ1) is 6.25. The number of hydrogen-bond acceptors (Lipinski definition) is 3. The molecule has 0 spiro atoms. The van der Waals surface area contributed by atoms with Crippen LogP contribution >= 0.6 is 0 Å². The van der Waals surface area contributed by atoms with Gasteiger partial charge in [-0.2, -0.15) is 5.10 Å². The number of fused-ring (bicyclic) bond motifs is 1. The van der Waals surface area contributed by atoms with E-state index in [9.17, 15) is 4.79 Å². The molecule has 70 valence electrons. The summed E-state index contributed by atoms with van der Waals surface area (Å²) < 4.78 is 0. The average Bonchev–Trinajstić information content (AvgIpc) is 2.49. The summed E-state index contributed by atoms with van der Waals surface area (Å²) in [7, 11) is 0. The minimum absolute atomic E-state index is 0.116. The Bertz CT molecular complexity index is 321. The predicted octanol–water partition coefficient (Wildman–Crippen LogP) is -0.148. The Kier molecular flexibility index (Phi) is 2.02. The molecule has 1 aliphatic heterocycles. The van der Waals surface area contributed by atoms with Crippen molar-refractivity contribution in [3.63, 3.8) is 0 Å². The summed E-state index contributed by atoms with van der Waals surface area (Å²) in [5, 5.41) is 15.4. The van der Waals surface area contributed by atoms with E-state index < -0.39 is 5.97 Å². The first-order valence-electron chi connectivity index (χ1n) is 4.21. The number of aromatic amines is 1. The number of aliphatic carboxylic acids is 1. The van der Waals surface area contributed by atoms with Gasteiger partial charge in [0.15, 0.2) is 0 Å². The van der Waals surface area contributed by atoms with E-state index in [1.54, 1.807) is 6.20 Å². The van der Waals surface area contributed by atoms with E-state index >= 15 is 0 Å². The molecule has 0 aliphatic carbocycles. The van der Waals surface area contributed by atoms with Crippen LogP contribution in [0, 0.1) is 0 Å². The molecule has 13 heavy (non-hydrogen) atoms. The van der Waals surface area contributed by atoms with E-state index in [4.69, 9.17) is 5.11 Å². The van der Waals surface area contributed by atoms with E-state index in [0.29, 0.717) is 6.54 Å². The molecule has 2 heterocycles. The molecule has 0 bridgehead atoms. The quantitative estimate of drug-likeness (QED) is 0.665. The molecule has 2 N–H and O–H groups in total. The summed E-state index contributed by atoms with van der Waals surface area (Å²) in [5.41, 5.74) is 2.26. The number of H-pyrrole nitrogens is 1. The molecule has 2 rings (SSSR count). The lowest BCUT2D eigenvalue weighted by molar-refractivity contribution is -0.138. The van der Waals surface area contributed by atoms with Crippen molar-refractivity contribution in [3.8, 4) is 0 Å². The number of hydrogen-bond donors (Lipinski definition) is 2. The molecule has 0 amide bonds. The van der Waals surface area contributed by atoms with Gasteiger partial charge in [-0.3, -0.25) is 14.8 Å². The van der Waals surface area contributed by atoms with E-state index in [-0.39, 0.29) is 6.54 Å². The van der Waals surface area contributed by atoms with Gasteiger partial charge >= 0.3 is 5.97 Å². The second-order valence-corrected chi connectivity index (χ2v) is 3.23. The van der Waals surface area contributed by atoms with Crippen LogP contribution in [0.4, 0.5) is 0 Å². The summed E-state index contributed by atoms with van der Waals surface area (Å²) >= 11 is 0. The van der Waals surface area contributed by atoms with Crippen LogP contribution in [0.5, 0.6) is 0 Å². The number of rotatable bonds is 2. The Morgan fingerprint density at radius 2 is 2.62 bits per heavy atom. The predicted molar refractivity (Wildman–Crippen MR) is 45.2 cm³/mol. The van der Waals surface area contributed by atoms with Gasteiger partial charge in [0.05, 0.1) is 12.7 Å². The third-order valence-electron chi connectivity index (χ3n) is 2.24. The molecule has 1 aromatic rings. The van der Waals surface area contributed by atoms with Gasteiger partial charge in [0.1, 0.15) is 0 Å². The topological polar surface area (TPSA) is 69.2 Å². The lowest BCUT2D eigenvalue weighted by Gasteiger charge is -2.24. The SMILES string of the molecule is O=C(O)CN1CCc2[nH]ncc2C1. The largest absolute Gasteiger partial charge is 0.480 e. The molecular formula is C8H11N3O2. The summed E-state index contributed by atoms with van der Waals surface area (Å²) in [6.07, 6.45) is 2.63. The Hall–Kier alpha value is -1.36. The first-order valence-corrected chi connectivity index (χ1v) is 4.21. The summed E-state index contributed by atoms with van der Waals surface area (Å²) in [5.74, 6) is -0.771. The van der Waals surface area contributed by atoms with Crippen LogP contribution in [0.1, 0.15) is 11.3 Å². The number of carboxylic acid groups (broad SMARTS) is 1. The monoisotopic (exact) mass is 181 g/mol. The smallest absolute Gasteiger partial charge is 0.317 e. The van der Waals surface area contributed by atoms with E-state index in [1.165, 1.54) is 0 Å². The zero-order valence-corrected chi connectivity index (χ0v) is 7.16. The Morgan fingerprint density at radius 3 is 3.38 bits per heavy atom. The van der Waals surface area contributed by atoms with Crippen molar-refractivity contribution in [2.75, 3.05) is 13.1 Å². The normalized spacial score (nSPS) is 16.9. The maximum absolute atomic E-state index is 10.5. The number of carbonyl (C=O) groups is 1. The van der Waals surface area contributed by atoms with Gasteiger partial charge in [-0.25, -0.2) is 0 Å². The molecule has 1 aliphatic rings. The summed E-state index contributed by atoms with van der Waals surface area (Å²) in [6, 6.07) is 0. The zero-order chi connectivity index (χ0) is 9.26. The van der Waals surface area contributed by atoms with Crippen LogP contribution in [0.25, 0.3) is 0 Å². The van der Waals surface area contributed by atoms with Gasteiger partial charge < -0.3 is 5.11 Å². The fourth-order valence-corrected chi connectivity index (χ4v) is 1.61. The number of nitrogens with zero attached hydrogens (tertiary/aromatic N) is 2. The highest BCUT2D eigenvalue weighted by Crippen LogP contribution is 2.15. The van der Waals surface area contributed by atoms with E-state index in [2.05, 4.69) is 10.2 Å². The molecule has 0 atom stereocenters. The van der Waals surface area contributed by atoms with Gasteiger partial charge in [0.2, 0.25) is 0 Å². The summed E-state index contributed by atoms with van der Waals surface area (Å²) in [6.45, 7) is 1.60. The minimum Gasteiger partial charge on any atom is -0.480 e. The maximum atomic E-state index is 10.5. The number of carboxylic acids is 1. The third kappa shape index (κ3) is 1.70. The van der Waals surface area contributed by atoms with Crippen molar-refractivity contribution in [3.05, 3.63) is 17.5 Å². The van der Waals surface area contributed by atoms with Crippen LogP contribution < -0.4 is 0 Å². The van der Waals surface area contributed by atoms with Gasteiger partial charge in [-0.05, 0) is 0 Å². The highest BCUT2D eigenvalue weighted by atomic mass is 16.4. The lowest BCUT2D eigenvalue weighted by Crippen LogP contribution is -2.34. The fraction of sp³-hybridized carbons (Fsp3) is 0.500. The van der Waals surface area contributed by atoms with Crippen molar-refractivity contribution in [1.82, 2.24) is 15.1 Å². The second-order valence-electron chi connectivity index (χ2n) is 3.23. The van der Waals surface area contributed by atoms with Crippen molar-refractivity contribution < 1.29 is 9.90 Å². The molecule has 0 aromatic carbocycles. The molecule has 5 heteroatoms. The van der Waals surface area contributed by atoms with Crippen LogP contribution in [-0.2, 0) is 17.8 Å². The van der Waals surface area contributed by atoms with Crippen LogP contribution in [-0.4, -0.2) is 39.3 Å². The molecular weight excluding hydrogens is 170 g/mol. The van der Waals surface area contributed by atoms with Gasteiger partial charge in [0, 0.05) is 30.8 Å². The Morgan fingerprint density at radius 1 is 1.77 bits per heavy atom. The van der Waals surface area contributed by atoms with Crippen molar-refractivity contribution in [1.29, 1.82) is 0 Å². The average molecular weight is 181 g/mol. The molecule has 0 saturated heterocycles. The number of nitrogens with one attached hydrogen (secondary N) is 1. The van der Waals surface area contributed by atoms with E-state index in [1.807, 2.05) is 4.90 Å². The van der Waals surface area contributed by atoms with Crippen LogP contribution in [0.3, 0.4) is 0 Å². The van der Waals surface area contributed by atoms with E-state index in [0.717, 1.165) is 24.2 Å². The molecule has 0 saturated carbocycles. The van der Waals surface area contributed by atoms with Crippen LogP contribution in [0.2, 0.25) is 0 Å². The van der Waals surface area contributed by atoms with Gasteiger partial charge in [0.25, 0.3) is 0 Å². The zero-order valence-electron chi connectivity index (χ0n) is 7.16. The Balaban J connectivity index is 2.04. The lowest BCUT2D eigenvalue weighted by atomic mass is 10.1. The molecule has 0 radical (unpaired) electrons. The van der Waals surface area contributed by atoms with Crippen molar-refractivity contribution in [2.45, 2.75) is 13.0 Å². The van der Waals surface area contributed by atoms with Gasteiger partial charge in [-0.1, -0.05) is 0 Å². The third-order valence-corrected chi connectivity index (χ3v) is 2.24. The summed E-state index contributed by atoms with van der Waals surface area (Å²) in [4.78, 5) is 12.4. The molecule has 0 fully saturated rings. The van der Waals surface area contributed by atoms with Crippen molar-refractivity contribution in [2.24, 2.45) is 0 Å². The molecule has 1 aromatic heterocycles. The first kappa shape index (κ1) is 8.25. The minimum atomic E-state index is -0.771. The van der Waals surface area contributed by atoms with Gasteiger partial charge in [-0.15, -0.1) is 0 Å². The number of aromatic nitrogens is 2. The highest BCUT2D eigenvalue weighted by molar-refractivity contribution is 5.69. The standard InChI is InChI=1S/C8H11N3O2/c12-8(13)5-11-2-1-7-6(4-11)3-9-10-7/h3H,1-2,4-5H2,(H,9,10)(H,12,13). The van der Waals surface area contributed by atoms with Crippen LogP contribution in [0.15, 0.2) is 6.20 Å². The fourth-order valence-electron chi connectivity index (χ4n) is 1.61. The van der Waals surface area contributed by atoms with Crippen molar-refractivity contribution >= 4 is 5.97 Å². The second kappa shape index (κ2) is 3.18. The maximum Gasteiger partial charge on any atom is 0.317 e.